The van der Waals surface area contributed by atoms with Crippen molar-refractivity contribution >= 4 is 11.6 Å². The lowest BCUT2D eigenvalue weighted by Crippen LogP contribution is -2.31. The number of likely N-dealkylation sites (N-methyl/N-ethyl adjacent to an activating group) is 1. The fourth-order valence-corrected chi connectivity index (χ4v) is 2.54. The van der Waals surface area contributed by atoms with Crippen molar-refractivity contribution < 1.29 is 4.39 Å². The third-order valence-corrected chi connectivity index (χ3v) is 3.80. The summed E-state index contributed by atoms with van der Waals surface area (Å²) >= 11 is 6.09. The SMILES string of the molecule is CCCn1ncnc1CC(Cc1ccc(F)cc1Cl)NC. The maximum atomic E-state index is 13.1. The lowest BCUT2D eigenvalue weighted by atomic mass is 10.0. The van der Waals surface area contributed by atoms with E-state index in [0.29, 0.717) is 11.4 Å². The van der Waals surface area contributed by atoms with E-state index in [0.717, 1.165) is 30.8 Å². The Bertz CT molecular complexity index is 585. The van der Waals surface area contributed by atoms with Crippen molar-refractivity contribution in [1.82, 2.24) is 20.1 Å². The Morgan fingerprint density at radius 3 is 2.86 bits per heavy atom. The summed E-state index contributed by atoms with van der Waals surface area (Å²) in [5, 5.41) is 7.96. The van der Waals surface area contributed by atoms with Crippen LogP contribution < -0.4 is 5.32 Å². The molecule has 0 bridgehead atoms. The first-order valence-corrected chi connectivity index (χ1v) is 7.49. The molecule has 0 radical (unpaired) electrons. The minimum absolute atomic E-state index is 0.174. The van der Waals surface area contributed by atoms with Crippen LogP contribution in [0, 0.1) is 5.82 Å². The van der Waals surface area contributed by atoms with Gasteiger partial charge in [0, 0.05) is 24.0 Å². The molecule has 0 saturated heterocycles. The zero-order valence-corrected chi connectivity index (χ0v) is 13.1. The molecule has 0 spiro atoms. The van der Waals surface area contributed by atoms with Gasteiger partial charge in [0.05, 0.1) is 0 Å². The van der Waals surface area contributed by atoms with Gasteiger partial charge >= 0.3 is 0 Å². The molecule has 0 aliphatic carbocycles. The van der Waals surface area contributed by atoms with Crippen LogP contribution in [0.3, 0.4) is 0 Å². The molecular weight excluding hydrogens is 291 g/mol. The summed E-state index contributed by atoms with van der Waals surface area (Å²) in [4.78, 5) is 4.32. The molecular formula is C15H20ClFN4. The molecule has 0 saturated carbocycles. The van der Waals surface area contributed by atoms with Crippen molar-refractivity contribution in [3.05, 3.63) is 46.8 Å². The maximum Gasteiger partial charge on any atom is 0.138 e. The number of halogens is 2. The quantitative estimate of drug-likeness (QED) is 0.855. The summed E-state index contributed by atoms with van der Waals surface area (Å²) < 4.78 is 15.0. The number of aryl methyl sites for hydroxylation is 1. The topological polar surface area (TPSA) is 42.7 Å². The lowest BCUT2D eigenvalue weighted by Gasteiger charge is -2.17. The molecule has 4 nitrogen and oxygen atoms in total. The molecule has 0 amide bonds. The molecule has 6 heteroatoms. The summed E-state index contributed by atoms with van der Waals surface area (Å²) in [5.41, 5.74) is 0.930. The van der Waals surface area contributed by atoms with Crippen molar-refractivity contribution in [2.75, 3.05) is 7.05 Å². The van der Waals surface area contributed by atoms with Gasteiger partial charge in [0.25, 0.3) is 0 Å². The Balaban J connectivity index is 2.07. The summed E-state index contributed by atoms with van der Waals surface area (Å²) in [5.74, 6) is 0.641. The van der Waals surface area contributed by atoms with Crippen molar-refractivity contribution in [1.29, 1.82) is 0 Å². The monoisotopic (exact) mass is 310 g/mol. The van der Waals surface area contributed by atoms with Gasteiger partial charge in [0.2, 0.25) is 0 Å². The van der Waals surface area contributed by atoms with Gasteiger partial charge < -0.3 is 5.32 Å². The number of nitrogens with one attached hydrogen (secondary N) is 1. The second kappa shape index (κ2) is 7.52. The number of aromatic nitrogens is 3. The molecule has 2 rings (SSSR count). The van der Waals surface area contributed by atoms with E-state index < -0.39 is 0 Å². The molecule has 114 valence electrons. The lowest BCUT2D eigenvalue weighted by molar-refractivity contribution is 0.501. The van der Waals surface area contributed by atoms with Gasteiger partial charge in [-0.3, -0.25) is 4.68 Å². The van der Waals surface area contributed by atoms with Crippen LogP contribution >= 0.6 is 11.6 Å². The highest BCUT2D eigenvalue weighted by molar-refractivity contribution is 6.31. The normalized spacial score (nSPS) is 12.6. The molecule has 1 aromatic heterocycles. The molecule has 0 fully saturated rings. The van der Waals surface area contributed by atoms with Crippen LogP contribution in [-0.4, -0.2) is 27.9 Å². The number of hydrogen-bond donors (Lipinski definition) is 1. The highest BCUT2D eigenvalue weighted by Crippen LogP contribution is 2.19. The van der Waals surface area contributed by atoms with Gasteiger partial charge in [0.1, 0.15) is 18.0 Å². The van der Waals surface area contributed by atoms with Crippen LogP contribution in [0.15, 0.2) is 24.5 Å². The molecule has 1 N–H and O–H groups in total. The van der Waals surface area contributed by atoms with Crippen molar-refractivity contribution in [3.8, 4) is 0 Å². The standard InChI is InChI=1S/C15H20ClFN4/c1-3-6-21-15(19-10-20-21)9-13(18-2)7-11-4-5-12(17)8-14(11)16/h4-5,8,10,13,18H,3,6-7,9H2,1-2H3. The highest BCUT2D eigenvalue weighted by Gasteiger charge is 2.14. The average Bonchev–Trinajstić information content (AvgIpc) is 2.88. The van der Waals surface area contributed by atoms with Gasteiger partial charge in [-0.25, -0.2) is 9.37 Å². The zero-order valence-electron chi connectivity index (χ0n) is 12.3. The van der Waals surface area contributed by atoms with Gasteiger partial charge in [-0.1, -0.05) is 24.6 Å². The maximum absolute atomic E-state index is 13.1. The fraction of sp³-hybridized carbons (Fsp3) is 0.467. The van der Waals surface area contributed by atoms with E-state index in [1.54, 1.807) is 12.4 Å². The van der Waals surface area contributed by atoms with Crippen LogP contribution in [-0.2, 0) is 19.4 Å². The van der Waals surface area contributed by atoms with Crippen molar-refractivity contribution in [3.63, 3.8) is 0 Å². The predicted octanol–water partition coefficient (Wildman–Crippen LogP) is 2.85. The molecule has 0 aliphatic heterocycles. The van der Waals surface area contributed by atoms with E-state index in [1.165, 1.54) is 12.1 Å². The molecule has 1 heterocycles. The van der Waals surface area contributed by atoms with E-state index in [4.69, 9.17) is 11.6 Å². The van der Waals surface area contributed by atoms with Crippen LogP contribution in [0.25, 0.3) is 0 Å². The third kappa shape index (κ3) is 4.25. The number of rotatable bonds is 7. The summed E-state index contributed by atoms with van der Waals surface area (Å²) in [6, 6.07) is 4.70. The molecule has 0 aliphatic rings. The first-order chi connectivity index (χ1) is 10.1. The van der Waals surface area contributed by atoms with Crippen LogP contribution in [0.2, 0.25) is 5.02 Å². The molecule has 1 atom stereocenters. The van der Waals surface area contributed by atoms with Crippen molar-refractivity contribution in [2.45, 2.75) is 38.8 Å². The van der Waals surface area contributed by atoms with Crippen LogP contribution in [0.4, 0.5) is 4.39 Å². The number of nitrogens with zero attached hydrogens (tertiary/aromatic N) is 3. The van der Waals surface area contributed by atoms with E-state index in [-0.39, 0.29) is 11.9 Å². The number of benzene rings is 1. The zero-order chi connectivity index (χ0) is 15.2. The fourth-order valence-electron chi connectivity index (χ4n) is 2.29. The van der Waals surface area contributed by atoms with E-state index in [1.807, 2.05) is 11.7 Å². The van der Waals surface area contributed by atoms with Crippen molar-refractivity contribution in [2.24, 2.45) is 0 Å². The molecule has 21 heavy (non-hydrogen) atoms. The van der Waals surface area contributed by atoms with Gasteiger partial charge in [-0.05, 0) is 37.6 Å². The minimum atomic E-state index is -0.313. The smallest absolute Gasteiger partial charge is 0.138 e. The first kappa shape index (κ1) is 15.9. The second-order valence-electron chi connectivity index (χ2n) is 5.03. The molecule has 1 unspecified atom stereocenters. The van der Waals surface area contributed by atoms with Gasteiger partial charge in [-0.2, -0.15) is 5.10 Å². The second-order valence-corrected chi connectivity index (χ2v) is 5.44. The Hall–Kier alpha value is -1.46. The van der Waals surface area contributed by atoms with E-state index in [2.05, 4.69) is 22.3 Å². The summed E-state index contributed by atoms with van der Waals surface area (Å²) in [6.07, 6.45) is 4.08. The summed E-state index contributed by atoms with van der Waals surface area (Å²) in [6.45, 7) is 2.97. The largest absolute Gasteiger partial charge is 0.316 e. The van der Waals surface area contributed by atoms with Crippen LogP contribution in [0.1, 0.15) is 24.7 Å². The Morgan fingerprint density at radius 2 is 2.19 bits per heavy atom. The highest BCUT2D eigenvalue weighted by atomic mass is 35.5. The Labute approximate surface area is 129 Å². The molecule has 1 aromatic carbocycles. The molecule has 2 aromatic rings. The average molecular weight is 311 g/mol. The van der Waals surface area contributed by atoms with E-state index in [9.17, 15) is 4.39 Å². The van der Waals surface area contributed by atoms with Crippen LogP contribution in [0.5, 0.6) is 0 Å². The Morgan fingerprint density at radius 1 is 1.38 bits per heavy atom. The third-order valence-electron chi connectivity index (χ3n) is 3.45. The van der Waals surface area contributed by atoms with Gasteiger partial charge in [-0.15, -0.1) is 0 Å². The summed E-state index contributed by atoms with van der Waals surface area (Å²) in [7, 11) is 1.91. The minimum Gasteiger partial charge on any atom is -0.316 e. The number of hydrogen-bond acceptors (Lipinski definition) is 3. The first-order valence-electron chi connectivity index (χ1n) is 7.12. The van der Waals surface area contributed by atoms with Gasteiger partial charge in [0.15, 0.2) is 0 Å². The van der Waals surface area contributed by atoms with E-state index >= 15 is 0 Å². The Kier molecular flexibility index (Phi) is 5.70. The predicted molar refractivity (Wildman–Crippen MR) is 82.0 cm³/mol.